The highest BCUT2D eigenvalue weighted by molar-refractivity contribution is 7.13. The Morgan fingerprint density at radius 2 is 2.21 bits per heavy atom. The molecule has 0 aliphatic carbocycles. The summed E-state index contributed by atoms with van der Waals surface area (Å²) in [4.78, 5) is 14.4. The van der Waals surface area contributed by atoms with Crippen LogP contribution in [0.5, 0.6) is 0 Å². The van der Waals surface area contributed by atoms with Gasteiger partial charge in [-0.05, 0) is 42.1 Å². The summed E-state index contributed by atoms with van der Waals surface area (Å²) < 4.78 is 10.9. The predicted molar refractivity (Wildman–Crippen MR) is 109 cm³/mol. The Labute approximate surface area is 172 Å². The van der Waals surface area contributed by atoms with E-state index in [0.29, 0.717) is 36.5 Å². The first-order chi connectivity index (χ1) is 13.5. The monoisotopic (exact) mass is 421 g/mol. The van der Waals surface area contributed by atoms with Crippen molar-refractivity contribution in [1.82, 2.24) is 10.2 Å². The molecule has 1 atom stereocenters. The highest BCUT2D eigenvalue weighted by Crippen LogP contribution is 2.22. The zero-order valence-electron chi connectivity index (χ0n) is 15.7. The fraction of sp³-hybridized carbons (Fsp3) is 0.316. The van der Waals surface area contributed by atoms with Crippen LogP contribution in [0.15, 0.2) is 40.1 Å². The Bertz CT molecular complexity index is 914. The first-order valence-electron chi connectivity index (χ1n) is 8.80. The third kappa shape index (κ3) is 5.62. The lowest BCUT2D eigenvalue weighted by Crippen LogP contribution is -3.12. The summed E-state index contributed by atoms with van der Waals surface area (Å²) in [6.45, 7) is 3.76. The number of hydrogen-bond donors (Lipinski definition) is 2. The summed E-state index contributed by atoms with van der Waals surface area (Å²) in [5.41, 5.74) is 1.66. The molecule has 0 saturated heterocycles. The van der Waals surface area contributed by atoms with Gasteiger partial charge in [-0.2, -0.15) is 0 Å². The highest BCUT2D eigenvalue weighted by Gasteiger charge is 2.19. The molecule has 28 heavy (non-hydrogen) atoms. The van der Waals surface area contributed by atoms with Crippen molar-refractivity contribution < 1.29 is 18.8 Å². The molecule has 3 aromatic rings. The molecule has 2 aromatic heterocycles. The largest absolute Gasteiger partial charge is 0.414 e. The summed E-state index contributed by atoms with van der Waals surface area (Å²) in [5, 5.41) is 13.7. The molecule has 0 aliphatic rings. The van der Waals surface area contributed by atoms with Crippen LogP contribution in [0.4, 0.5) is 5.69 Å². The SMILES string of the molecule is COCC[NH+](CC(=O)Nc1ccc(Cl)cc1C)Cc1nnc(-c2cccs2)o1. The molecule has 148 valence electrons. The number of nitrogens with one attached hydrogen (secondary N) is 2. The van der Waals surface area contributed by atoms with Crippen molar-refractivity contribution >= 4 is 34.5 Å². The summed E-state index contributed by atoms with van der Waals surface area (Å²) in [6, 6.07) is 9.24. The van der Waals surface area contributed by atoms with Crippen LogP contribution in [0.2, 0.25) is 5.02 Å². The Balaban J connectivity index is 1.63. The molecule has 0 fully saturated rings. The number of carbonyl (C=O) groups excluding carboxylic acids is 1. The maximum Gasteiger partial charge on any atom is 0.279 e. The molecule has 3 rings (SSSR count). The van der Waals surface area contributed by atoms with E-state index in [4.69, 9.17) is 20.8 Å². The Morgan fingerprint density at radius 3 is 2.93 bits per heavy atom. The minimum atomic E-state index is -0.102. The topological polar surface area (TPSA) is 81.7 Å². The van der Waals surface area contributed by atoms with E-state index in [1.807, 2.05) is 30.5 Å². The smallest absolute Gasteiger partial charge is 0.279 e. The molecule has 9 heteroatoms. The lowest BCUT2D eigenvalue weighted by molar-refractivity contribution is -0.907. The van der Waals surface area contributed by atoms with Gasteiger partial charge in [0.05, 0.1) is 11.5 Å². The number of benzene rings is 1. The summed E-state index contributed by atoms with van der Waals surface area (Å²) in [7, 11) is 1.64. The first-order valence-corrected chi connectivity index (χ1v) is 10.1. The number of hydrogen-bond acceptors (Lipinski definition) is 6. The molecule has 1 aromatic carbocycles. The normalized spacial score (nSPS) is 12.1. The third-order valence-corrected chi connectivity index (χ3v) is 5.23. The fourth-order valence-corrected chi connectivity index (χ4v) is 3.58. The van der Waals surface area contributed by atoms with Crippen molar-refractivity contribution in [3.63, 3.8) is 0 Å². The number of aryl methyl sites for hydroxylation is 1. The number of thiophene rings is 1. The second-order valence-corrected chi connectivity index (χ2v) is 7.72. The predicted octanol–water partition coefficient (Wildman–Crippen LogP) is 2.43. The van der Waals surface area contributed by atoms with Crippen LogP contribution >= 0.6 is 22.9 Å². The van der Waals surface area contributed by atoms with E-state index in [1.165, 1.54) is 11.3 Å². The number of anilines is 1. The summed E-state index contributed by atoms with van der Waals surface area (Å²) in [5.74, 6) is 0.886. The van der Waals surface area contributed by atoms with Gasteiger partial charge in [0.1, 0.15) is 6.54 Å². The van der Waals surface area contributed by atoms with E-state index >= 15 is 0 Å². The molecular weight excluding hydrogens is 400 g/mol. The Hall–Kier alpha value is -2.26. The number of carbonyl (C=O) groups is 1. The van der Waals surface area contributed by atoms with Gasteiger partial charge in [-0.1, -0.05) is 17.7 Å². The molecular formula is C19H22ClN4O3S+. The van der Waals surface area contributed by atoms with Gasteiger partial charge in [0.15, 0.2) is 13.1 Å². The summed E-state index contributed by atoms with van der Waals surface area (Å²) >= 11 is 7.51. The Kier molecular flexibility index (Phi) is 7.16. The quantitative estimate of drug-likeness (QED) is 0.554. The Morgan fingerprint density at radius 1 is 1.36 bits per heavy atom. The molecule has 0 saturated carbocycles. The number of ether oxygens (including phenoxy) is 1. The van der Waals surface area contributed by atoms with E-state index < -0.39 is 0 Å². The molecule has 1 amide bonds. The van der Waals surface area contributed by atoms with E-state index in [1.54, 1.807) is 19.2 Å². The van der Waals surface area contributed by atoms with Crippen molar-refractivity contribution in [2.24, 2.45) is 0 Å². The van der Waals surface area contributed by atoms with Gasteiger partial charge < -0.3 is 19.4 Å². The number of halogens is 1. The average molecular weight is 422 g/mol. The third-order valence-electron chi connectivity index (χ3n) is 4.13. The van der Waals surface area contributed by atoms with Crippen molar-refractivity contribution in [3.05, 3.63) is 52.2 Å². The van der Waals surface area contributed by atoms with Crippen LogP contribution in [0, 0.1) is 6.92 Å². The molecule has 2 N–H and O–H groups in total. The fourth-order valence-electron chi connectivity index (χ4n) is 2.71. The lowest BCUT2D eigenvalue weighted by atomic mass is 10.2. The van der Waals surface area contributed by atoms with Gasteiger partial charge in [0, 0.05) is 17.8 Å². The van der Waals surface area contributed by atoms with Crippen molar-refractivity contribution in [3.8, 4) is 10.8 Å². The maximum atomic E-state index is 12.5. The number of methoxy groups -OCH3 is 1. The van der Waals surface area contributed by atoms with Crippen molar-refractivity contribution in [1.29, 1.82) is 0 Å². The van der Waals surface area contributed by atoms with Crippen molar-refractivity contribution in [2.75, 3.05) is 32.1 Å². The number of aromatic nitrogens is 2. The number of rotatable bonds is 9. The number of nitrogens with zero attached hydrogens (tertiary/aromatic N) is 2. The van der Waals surface area contributed by atoms with Crippen LogP contribution in [-0.2, 0) is 16.1 Å². The van der Waals surface area contributed by atoms with Crippen LogP contribution in [0.25, 0.3) is 10.8 Å². The van der Waals surface area contributed by atoms with Gasteiger partial charge in [-0.25, -0.2) is 0 Å². The maximum absolute atomic E-state index is 12.5. The standard InChI is InChI=1S/C19H21ClN4O3S/c1-13-10-14(20)5-6-15(13)21-17(25)11-24(7-8-26-2)12-18-22-23-19(27-18)16-4-3-9-28-16/h3-6,9-10H,7-8,11-12H2,1-2H3,(H,21,25)/p+1. The lowest BCUT2D eigenvalue weighted by Gasteiger charge is -2.17. The van der Waals surface area contributed by atoms with Crippen LogP contribution in [0.1, 0.15) is 11.5 Å². The van der Waals surface area contributed by atoms with E-state index in [-0.39, 0.29) is 12.5 Å². The first kappa shape index (κ1) is 20.5. The van der Waals surface area contributed by atoms with Crippen LogP contribution < -0.4 is 10.2 Å². The molecule has 2 heterocycles. The van der Waals surface area contributed by atoms with Gasteiger partial charge in [-0.3, -0.25) is 4.79 Å². The van der Waals surface area contributed by atoms with Gasteiger partial charge in [0.25, 0.3) is 17.7 Å². The van der Waals surface area contributed by atoms with E-state index in [0.717, 1.165) is 21.0 Å². The van der Waals surface area contributed by atoms with Crippen LogP contribution in [-0.4, -0.2) is 42.9 Å². The van der Waals surface area contributed by atoms with Crippen LogP contribution in [0.3, 0.4) is 0 Å². The molecule has 7 nitrogen and oxygen atoms in total. The minimum absolute atomic E-state index is 0.102. The van der Waals surface area contributed by atoms with Gasteiger partial charge in [0.2, 0.25) is 0 Å². The molecule has 0 bridgehead atoms. The number of amides is 1. The highest BCUT2D eigenvalue weighted by atomic mass is 35.5. The van der Waals surface area contributed by atoms with Gasteiger partial charge in [-0.15, -0.1) is 21.5 Å². The second kappa shape index (κ2) is 9.79. The second-order valence-electron chi connectivity index (χ2n) is 6.33. The van der Waals surface area contributed by atoms with E-state index in [2.05, 4.69) is 15.5 Å². The molecule has 0 spiro atoms. The van der Waals surface area contributed by atoms with E-state index in [9.17, 15) is 4.79 Å². The average Bonchev–Trinajstić information content (AvgIpc) is 3.33. The van der Waals surface area contributed by atoms with Gasteiger partial charge >= 0.3 is 0 Å². The molecule has 0 aliphatic heterocycles. The zero-order chi connectivity index (χ0) is 19.9. The molecule has 0 radical (unpaired) electrons. The molecule has 1 unspecified atom stereocenters. The summed E-state index contributed by atoms with van der Waals surface area (Å²) in [6.07, 6.45) is 0. The zero-order valence-corrected chi connectivity index (χ0v) is 17.3. The number of quaternary nitrogens is 1. The minimum Gasteiger partial charge on any atom is -0.414 e. The van der Waals surface area contributed by atoms with Crippen molar-refractivity contribution in [2.45, 2.75) is 13.5 Å².